The van der Waals surface area contributed by atoms with E-state index in [0.717, 1.165) is 30.4 Å². The van der Waals surface area contributed by atoms with Gasteiger partial charge in [-0.05, 0) is 24.5 Å². The first-order valence-electron chi connectivity index (χ1n) is 7.74. The predicted octanol–water partition coefficient (Wildman–Crippen LogP) is 3.38. The van der Waals surface area contributed by atoms with Gasteiger partial charge in [-0.25, -0.2) is 0 Å². The first-order chi connectivity index (χ1) is 10.2. The normalized spacial score (nSPS) is 20.0. The highest BCUT2D eigenvalue weighted by atomic mass is 16.6. The molecule has 4 rings (SSSR count). The van der Waals surface area contributed by atoms with Gasteiger partial charge in [0.2, 0.25) is 0 Å². The summed E-state index contributed by atoms with van der Waals surface area (Å²) >= 11 is 0. The average molecular weight is 285 g/mol. The molecule has 1 aromatic carbocycles. The molecule has 0 amide bonds. The van der Waals surface area contributed by atoms with Gasteiger partial charge in [-0.3, -0.25) is 15.0 Å². The minimum Gasteiger partial charge on any atom is -0.358 e. The maximum absolute atomic E-state index is 11.0. The molecular formula is C16H19N3O2. The van der Waals surface area contributed by atoms with Crippen LogP contribution in [0.1, 0.15) is 36.9 Å². The Bertz CT molecular complexity index is 701. The molecule has 2 aliphatic rings. The zero-order chi connectivity index (χ0) is 14.4. The highest BCUT2D eigenvalue weighted by Crippen LogP contribution is 2.33. The van der Waals surface area contributed by atoms with Gasteiger partial charge in [0, 0.05) is 54.3 Å². The molecule has 5 nitrogen and oxygen atoms in total. The third-order valence-corrected chi connectivity index (χ3v) is 5.04. The Morgan fingerprint density at radius 2 is 2.10 bits per heavy atom. The van der Waals surface area contributed by atoms with E-state index in [1.165, 1.54) is 36.9 Å². The molecule has 1 saturated carbocycles. The molecule has 1 aromatic heterocycles. The summed E-state index contributed by atoms with van der Waals surface area (Å²) in [4.78, 5) is 16.7. The van der Waals surface area contributed by atoms with Gasteiger partial charge in [-0.15, -0.1) is 0 Å². The summed E-state index contributed by atoms with van der Waals surface area (Å²) in [6.07, 6.45) is 6.31. The second-order valence-corrected chi connectivity index (χ2v) is 6.23. The number of rotatable bonds is 2. The molecule has 0 atom stereocenters. The Kier molecular flexibility index (Phi) is 2.96. The third-order valence-electron chi connectivity index (χ3n) is 5.04. The summed E-state index contributed by atoms with van der Waals surface area (Å²) in [5.41, 5.74) is 3.74. The zero-order valence-corrected chi connectivity index (χ0v) is 12.0. The van der Waals surface area contributed by atoms with Crippen molar-refractivity contribution in [3.8, 4) is 0 Å². The molecule has 21 heavy (non-hydrogen) atoms. The lowest BCUT2D eigenvalue weighted by atomic mass is 10.0. The molecule has 1 fully saturated rings. The van der Waals surface area contributed by atoms with E-state index in [1.54, 1.807) is 12.1 Å². The number of nitrogens with zero attached hydrogens (tertiary/aromatic N) is 2. The monoisotopic (exact) mass is 285 g/mol. The van der Waals surface area contributed by atoms with Crippen molar-refractivity contribution < 1.29 is 4.92 Å². The van der Waals surface area contributed by atoms with Crippen LogP contribution in [0.5, 0.6) is 0 Å². The van der Waals surface area contributed by atoms with Crippen LogP contribution in [0.2, 0.25) is 0 Å². The maximum atomic E-state index is 11.0. The molecule has 0 bridgehead atoms. The minimum absolute atomic E-state index is 0.183. The van der Waals surface area contributed by atoms with Gasteiger partial charge in [0.25, 0.3) is 5.69 Å². The topological polar surface area (TPSA) is 62.2 Å². The number of hydrogen-bond acceptors (Lipinski definition) is 3. The van der Waals surface area contributed by atoms with Crippen LogP contribution >= 0.6 is 0 Å². The largest absolute Gasteiger partial charge is 0.358 e. The van der Waals surface area contributed by atoms with E-state index >= 15 is 0 Å². The lowest BCUT2D eigenvalue weighted by molar-refractivity contribution is -0.384. The first kappa shape index (κ1) is 12.8. The SMILES string of the molecule is O=[N+]([O-])c1ccc2[nH]c3c(c2c1)CN(C1CCCC1)CC3. The molecule has 1 N–H and O–H groups in total. The van der Waals surface area contributed by atoms with Gasteiger partial charge in [0.15, 0.2) is 0 Å². The van der Waals surface area contributed by atoms with Crippen LogP contribution in [-0.4, -0.2) is 27.4 Å². The molecule has 0 unspecified atom stereocenters. The summed E-state index contributed by atoms with van der Waals surface area (Å²) in [5.74, 6) is 0. The number of aromatic amines is 1. The number of benzene rings is 1. The van der Waals surface area contributed by atoms with Crippen LogP contribution < -0.4 is 0 Å². The van der Waals surface area contributed by atoms with Crippen molar-refractivity contribution in [1.82, 2.24) is 9.88 Å². The lowest BCUT2D eigenvalue weighted by Crippen LogP contribution is -2.37. The van der Waals surface area contributed by atoms with Gasteiger partial charge in [0.1, 0.15) is 0 Å². The van der Waals surface area contributed by atoms with Crippen molar-refractivity contribution in [1.29, 1.82) is 0 Å². The fourth-order valence-electron chi connectivity index (χ4n) is 3.92. The zero-order valence-electron chi connectivity index (χ0n) is 12.0. The molecule has 1 aliphatic carbocycles. The average Bonchev–Trinajstić information content (AvgIpc) is 3.13. The Labute approximate surface area is 123 Å². The van der Waals surface area contributed by atoms with Gasteiger partial charge in [-0.1, -0.05) is 12.8 Å². The van der Waals surface area contributed by atoms with E-state index in [2.05, 4.69) is 9.88 Å². The van der Waals surface area contributed by atoms with Crippen LogP contribution in [0.25, 0.3) is 10.9 Å². The predicted molar refractivity (Wildman–Crippen MR) is 81.3 cm³/mol. The summed E-state index contributed by atoms with van der Waals surface area (Å²) in [5, 5.41) is 12.0. The van der Waals surface area contributed by atoms with Crippen molar-refractivity contribution >= 4 is 16.6 Å². The van der Waals surface area contributed by atoms with E-state index in [0.29, 0.717) is 6.04 Å². The summed E-state index contributed by atoms with van der Waals surface area (Å²) in [6.45, 7) is 2.04. The second kappa shape index (κ2) is 4.84. The minimum atomic E-state index is -0.309. The number of aromatic nitrogens is 1. The fourth-order valence-corrected chi connectivity index (χ4v) is 3.92. The fraction of sp³-hybridized carbons (Fsp3) is 0.500. The van der Waals surface area contributed by atoms with Gasteiger partial charge < -0.3 is 4.98 Å². The molecule has 110 valence electrons. The van der Waals surface area contributed by atoms with Crippen molar-refractivity contribution in [3.63, 3.8) is 0 Å². The number of hydrogen-bond donors (Lipinski definition) is 1. The van der Waals surface area contributed by atoms with E-state index in [4.69, 9.17) is 0 Å². The van der Waals surface area contributed by atoms with Gasteiger partial charge in [0.05, 0.1) is 4.92 Å². The maximum Gasteiger partial charge on any atom is 0.270 e. The third kappa shape index (κ3) is 2.12. The van der Waals surface area contributed by atoms with Crippen LogP contribution in [0.15, 0.2) is 18.2 Å². The highest BCUT2D eigenvalue weighted by Gasteiger charge is 2.28. The summed E-state index contributed by atoms with van der Waals surface area (Å²) < 4.78 is 0. The molecule has 5 heteroatoms. The Morgan fingerprint density at radius 3 is 2.86 bits per heavy atom. The van der Waals surface area contributed by atoms with E-state index in [1.807, 2.05) is 6.07 Å². The van der Waals surface area contributed by atoms with E-state index in [-0.39, 0.29) is 10.6 Å². The van der Waals surface area contributed by atoms with Gasteiger partial charge in [-0.2, -0.15) is 0 Å². The summed E-state index contributed by atoms with van der Waals surface area (Å²) in [7, 11) is 0. The lowest BCUT2D eigenvalue weighted by Gasteiger charge is -2.32. The molecule has 0 saturated heterocycles. The van der Waals surface area contributed by atoms with Crippen molar-refractivity contribution in [2.75, 3.05) is 6.54 Å². The number of H-pyrrole nitrogens is 1. The number of non-ortho nitro benzene ring substituents is 1. The van der Waals surface area contributed by atoms with E-state index < -0.39 is 0 Å². The molecule has 0 spiro atoms. The number of fused-ring (bicyclic) bond motifs is 3. The van der Waals surface area contributed by atoms with Crippen LogP contribution in [0.3, 0.4) is 0 Å². The standard InChI is InChI=1S/C16H19N3O2/c20-19(21)12-5-6-15-13(9-12)14-10-18(8-7-16(14)17-15)11-3-1-2-4-11/h5-6,9,11,17H,1-4,7-8,10H2. The Hall–Kier alpha value is -1.88. The van der Waals surface area contributed by atoms with Crippen LogP contribution in [-0.2, 0) is 13.0 Å². The smallest absolute Gasteiger partial charge is 0.270 e. The summed E-state index contributed by atoms with van der Waals surface area (Å²) in [6, 6.07) is 5.86. The second-order valence-electron chi connectivity index (χ2n) is 6.23. The Balaban J connectivity index is 1.73. The van der Waals surface area contributed by atoms with Crippen molar-refractivity contribution in [3.05, 3.63) is 39.6 Å². The van der Waals surface area contributed by atoms with Crippen LogP contribution in [0, 0.1) is 10.1 Å². The van der Waals surface area contributed by atoms with Gasteiger partial charge >= 0.3 is 0 Å². The number of nitrogens with one attached hydrogen (secondary N) is 1. The number of nitro groups is 1. The Morgan fingerprint density at radius 1 is 1.29 bits per heavy atom. The molecule has 0 radical (unpaired) electrons. The highest BCUT2D eigenvalue weighted by molar-refractivity contribution is 5.87. The van der Waals surface area contributed by atoms with Crippen molar-refractivity contribution in [2.24, 2.45) is 0 Å². The molecule has 1 aliphatic heterocycles. The molecule has 2 heterocycles. The number of nitro benzene ring substituents is 1. The van der Waals surface area contributed by atoms with Crippen LogP contribution in [0.4, 0.5) is 5.69 Å². The molecular weight excluding hydrogens is 266 g/mol. The van der Waals surface area contributed by atoms with Crippen molar-refractivity contribution in [2.45, 2.75) is 44.7 Å². The first-order valence-corrected chi connectivity index (χ1v) is 7.74. The van der Waals surface area contributed by atoms with E-state index in [9.17, 15) is 10.1 Å². The quantitative estimate of drug-likeness (QED) is 0.679. The molecule has 2 aromatic rings.